The van der Waals surface area contributed by atoms with Crippen LogP contribution in [0.15, 0.2) is 61.2 Å². The topological polar surface area (TPSA) is 88.7 Å². The molecule has 0 aliphatic rings. The predicted octanol–water partition coefficient (Wildman–Crippen LogP) is 3.27. The van der Waals surface area contributed by atoms with Crippen molar-refractivity contribution < 1.29 is 4.39 Å². The summed E-state index contributed by atoms with van der Waals surface area (Å²) in [5, 5.41) is 11.9. The van der Waals surface area contributed by atoms with E-state index < -0.39 is 0 Å². The van der Waals surface area contributed by atoms with E-state index in [1.165, 1.54) is 18.5 Å². The van der Waals surface area contributed by atoms with Crippen LogP contribution in [0, 0.1) is 5.82 Å². The largest absolute Gasteiger partial charge is 0.378 e. The molecule has 2 N–H and O–H groups in total. The van der Waals surface area contributed by atoms with E-state index in [1.54, 1.807) is 15.3 Å². The Bertz CT molecular complexity index is 1300. The number of hydrogen-bond acceptors (Lipinski definition) is 5. The molecule has 0 amide bonds. The molecule has 1 aromatic carbocycles. The maximum absolute atomic E-state index is 13.4. The summed E-state index contributed by atoms with van der Waals surface area (Å²) in [5.41, 5.74) is 4.68. The lowest BCUT2D eigenvalue weighted by atomic mass is 10.1. The van der Waals surface area contributed by atoms with E-state index in [0.29, 0.717) is 18.1 Å². The van der Waals surface area contributed by atoms with Gasteiger partial charge in [0.1, 0.15) is 23.7 Å². The van der Waals surface area contributed by atoms with Crippen LogP contribution in [0.2, 0.25) is 0 Å². The Balaban J connectivity index is 1.53. The third-order valence-electron chi connectivity index (χ3n) is 4.55. The van der Waals surface area contributed by atoms with Gasteiger partial charge < -0.3 is 10.3 Å². The molecular formula is C20H17FN8. The zero-order chi connectivity index (χ0) is 19.8. The molecular weight excluding hydrogens is 371 g/mol. The average Bonchev–Trinajstić information content (AvgIpc) is 3.45. The number of aryl methyl sites for hydroxylation is 1. The highest BCUT2D eigenvalue weighted by atomic mass is 19.1. The number of fused-ring (bicyclic) bond motifs is 1. The van der Waals surface area contributed by atoms with E-state index in [2.05, 4.69) is 25.5 Å². The summed E-state index contributed by atoms with van der Waals surface area (Å²) < 4.78 is 16.9. The third kappa shape index (κ3) is 3.33. The normalized spacial score (nSPS) is 11.2. The first-order chi connectivity index (χ1) is 14.2. The highest BCUT2D eigenvalue weighted by molar-refractivity contribution is 5.76. The fourth-order valence-electron chi connectivity index (χ4n) is 3.19. The second-order valence-corrected chi connectivity index (χ2v) is 6.63. The van der Waals surface area contributed by atoms with Gasteiger partial charge in [-0.1, -0.05) is 6.07 Å². The maximum Gasteiger partial charge on any atom is 0.155 e. The first-order valence-electron chi connectivity index (χ1n) is 9.04. The number of anilines is 1. The molecule has 0 radical (unpaired) electrons. The van der Waals surface area contributed by atoms with Gasteiger partial charge in [-0.25, -0.2) is 18.9 Å². The van der Waals surface area contributed by atoms with Crippen molar-refractivity contribution in [1.82, 2.24) is 34.3 Å². The molecule has 4 aromatic heterocycles. The molecule has 0 spiro atoms. The summed E-state index contributed by atoms with van der Waals surface area (Å²) in [4.78, 5) is 12.3. The van der Waals surface area contributed by atoms with Crippen molar-refractivity contribution in [2.24, 2.45) is 7.05 Å². The Morgan fingerprint density at radius 2 is 2.10 bits per heavy atom. The van der Waals surface area contributed by atoms with Gasteiger partial charge in [0.25, 0.3) is 0 Å². The Morgan fingerprint density at radius 1 is 1.17 bits per heavy atom. The number of H-pyrrole nitrogens is 1. The number of nitrogens with zero attached hydrogens (tertiary/aromatic N) is 6. The second-order valence-electron chi connectivity index (χ2n) is 6.63. The van der Waals surface area contributed by atoms with Gasteiger partial charge in [0.05, 0.1) is 17.9 Å². The zero-order valence-electron chi connectivity index (χ0n) is 15.5. The van der Waals surface area contributed by atoms with Crippen LogP contribution in [0.1, 0.15) is 5.82 Å². The van der Waals surface area contributed by atoms with E-state index in [4.69, 9.17) is 4.98 Å². The van der Waals surface area contributed by atoms with Crippen LogP contribution in [-0.4, -0.2) is 34.3 Å². The van der Waals surface area contributed by atoms with Gasteiger partial charge >= 0.3 is 0 Å². The van der Waals surface area contributed by atoms with E-state index in [1.807, 2.05) is 43.7 Å². The number of hydrogen-bond donors (Lipinski definition) is 2. The summed E-state index contributed by atoms with van der Waals surface area (Å²) >= 11 is 0. The number of aromatic amines is 1. The van der Waals surface area contributed by atoms with E-state index in [-0.39, 0.29) is 5.82 Å². The number of nitrogens with one attached hydrogen (secondary N) is 2. The standard InChI is InChI=1S/C20H17FN8/c1-28-8-7-16(27-28)20-19(13-5-6-18-23-12-24-29(18)11-13)25-17(26-20)10-22-15-4-2-3-14(21)9-15/h2-9,11-12,22H,10H2,1H3,(H,25,26). The number of imidazole rings is 1. The van der Waals surface area contributed by atoms with Crippen LogP contribution < -0.4 is 5.32 Å². The number of rotatable bonds is 5. The average molecular weight is 388 g/mol. The van der Waals surface area contributed by atoms with Crippen molar-refractivity contribution in [2.45, 2.75) is 6.54 Å². The smallest absolute Gasteiger partial charge is 0.155 e. The lowest BCUT2D eigenvalue weighted by Gasteiger charge is -2.03. The van der Waals surface area contributed by atoms with Gasteiger partial charge in [-0.05, 0) is 36.4 Å². The number of pyridine rings is 1. The number of halogens is 1. The summed E-state index contributed by atoms with van der Waals surface area (Å²) in [6, 6.07) is 12.1. The molecule has 0 atom stereocenters. The quantitative estimate of drug-likeness (QED) is 0.482. The minimum Gasteiger partial charge on any atom is -0.378 e. The van der Waals surface area contributed by atoms with Crippen LogP contribution in [-0.2, 0) is 13.6 Å². The summed E-state index contributed by atoms with van der Waals surface area (Å²) in [6.45, 7) is 0.412. The third-order valence-corrected chi connectivity index (χ3v) is 4.55. The van der Waals surface area contributed by atoms with Crippen molar-refractivity contribution >= 4 is 11.3 Å². The molecule has 0 saturated carbocycles. The van der Waals surface area contributed by atoms with Crippen LogP contribution in [0.5, 0.6) is 0 Å². The zero-order valence-corrected chi connectivity index (χ0v) is 15.5. The molecule has 9 heteroatoms. The van der Waals surface area contributed by atoms with Gasteiger partial charge in [-0.3, -0.25) is 4.68 Å². The van der Waals surface area contributed by atoms with E-state index in [0.717, 1.165) is 28.3 Å². The Morgan fingerprint density at radius 3 is 2.93 bits per heavy atom. The van der Waals surface area contributed by atoms with E-state index >= 15 is 0 Å². The van der Waals surface area contributed by atoms with Gasteiger partial charge in [0.2, 0.25) is 0 Å². The molecule has 8 nitrogen and oxygen atoms in total. The first kappa shape index (κ1) is 17.1. The first-order valence-corrected chi connectivity index (χ1v) is 9.04. The lowest BCUT2D eigenvalue weighted by molar-refractivity contribution is 0.628. The summed E-state index contributed by atoms with van der Waals surface area (Å²) in [5.74, 6) is 0.425. The molecule has 0 fully saturated rings. The summed E-state index contributed by atoms with van der Waals surface area (Å²) in [6.07, 6.45) is 5.28. The van der Waals surface area contributed by atoms with Crippen molar-refractivity contribution in [3.63, 3.8) is 0 Å². The maximum atomic E-state index is 13.4. The lowest BCUT2D eigenvalue weighted by Crippen LogP contribution is -2.01. The van der Waals surface area contributed by atoms with Crippen LogP contribution in [0.3, 0.4) is 0 Å². The molecule has 0 bridgehead atoms. The van der Waals surface area contributed by atoms with E-state index in [9.17, 15) is 4.39 Å². The molecule has 5 rings (SSSR count). The number of aromatic nitrogens is 7. The van der Waals surface area contributed by atoms with Gasteiger partial charge in [0.15, 0.2) is 5.65 Å². The highest BCUT2D eigenvalue weighted by Gasteiger charge is 2.17. The highest BCUT2D eigenvalue weighted by Crippen LogP contribution is 2.29. The van der Waals surface area contributed by atoms with Gasteiger partial charge in [0, 0.05) is 30.7 Å². The molecule has 0 aliphatic carbocycles. The molecule has 144 valence electrons. The summed E-state index contributed by atoms with van der Waals surface area (Å²) in [7, 11) is 1.87. The van der Waals surface area contributed by atoms with Crippen LogP contribution >= 0.6 is 0 Å². The van der Waals surface area contributed by atoms with Gasteiger partial charge in [-0.2, -0.15) is 10.2 Å². The van der Waals surface area contributed by atoms with Crippen LogP contribution in [0.25, 0.3) is 28.3 Å². The molecule has 5 aromatic rings. The van der Waals surface area contributed by atoms with Crippen LogP contribution in [0.4, 0.5) is 10.1 Å². The molecule has 0 aliphatic heterocycles. The Labute approximate surface area is 165 Å². The monoisotopic (exact) mass is 388 g/mol. The van der Waals surface area contributed by atoms with Crippen molar-refractivity contribution in [1.29, 1.82) is 0 Å². The number of benzene rings is 1. The molecule has 0 saturated heterocycles. The predicted molar refractivity (Wildman–Crippen MR) is 106 cm³/mol. The fourth-order valence-corrected chi connectivity index (χ4v) is 3.19. The van der Waals surface area contributed by atoms with Gasteiger partial charge in [-0.15, -0.1) is 0 Å². The van der Waals surface area contributed by atoms with Crippen molar-refractivity contribution in [2.75, 3.05) is 5.32 Å². The molecule has 4 heterocycles. The Kier molecular flexibility index (Phi) is 4.05. The molecule has 0 unspecified atom stereocenters. The fraction of sp³-hybridized carbons (Fsp3) is 0.100. The SMILES string of the molecule is Cn1ccc(-c2[nH]c(CNc3cccc(F)c3)nc2-c2ccc3ncnn3c2)n1. The van der Waals surface area contributed by atoms with Crippen molar-refractivity contribution in [3.8, 4) is 22.6 Å². The second kappa shape index (κ2) is 6.86. The minimum atomic E-state index is -0.287. The minimum absolute atomic E-state index is 0.287. The van der Waals surface area contributed by atoms with Crippen molar-refractivity contribution in [3.05, 3.63) is 72.8 Å². The Hall–Kier alpha value is -4.01. The molecule has 29 heavy (non-hydrogen) atoms.